The van der Waals surface area contributed by atoms with E-state index < -0.39 is 5.72 Å². The average Bonchev–Trinajstić information content (AvgIpc) is 2.65. The first-order valence-corrected chi connectivity index (χ1v) is 5.28. The number of nitrogens with zero attached hydrogens (tertiary/aromatic N) is 1. The van der Waals surface area contributed by atoms with Crippen LogP contribution >= 0.6 is 0 Å². The lowest BCUT2D eigenvalue weighted by molar-refractivity contribution is 0.0449. The largest absolute Gasteiger partial charge is 0.362 e. The van der Waals surface area contributed by atoms with Gasteiger partial charge in [0.2, 0.25) is 5.72 Å². The molecule has 0 spiro atoms. The Kier molecular flexibility index (Phi) is 2.00. The highest BCUT2D eigenvalue weighted by Gasteiger charge is 2.43. The summed E-state index contributed by atoms with van der Waals surface area (Å²) < 4.78 is 0. The normalized spacial score (nSPS) is 22.1. The van der Waals surface area contributed by atoms with Gasteiger partial charge < -0.3 is 10.4 Å². The molecule has 4 heteroatoms. The van der Waals surface area contributed by atoms with E-state index in [4.69, 9.17) is 0 Å². The minimum atomic E-state index is -1.52. The second-order valence-corrected chi connectivity index (χ2v) is 3.93. The maximum absolute atomic E-state index is 11.7. The Balaban J connectivity index is 2.21. The maximum Gasteiger partial charge on any atom is 0.256 e. The summed E-state index contributed by atoms with van der Waals surface area (Å²) in [7, 11) is 0. The van der Waals surface area contributed by atoms with Gasteiger partial charge in [-0.05, 0) is 12.1 Å². The number of pyridine rings is 1. The lowest BCUT2D eigenvalue weighted by Gasteiger charge is -2.23. The number of fused-ring (bicyclic) bond motifs is 1. The van der Waals surface area contributed by atoms with Crippen molar-refractivity contribution in [2.75, 3.05) is 0 Å². The molecular formula is C13H10N2O2. The third-order valence-electron chi connectivity index (χ3n) is 2.88. The van der Waals surface area contributed by atoms with Crippen molar-refractivity contribution in [1.82, 2.24) is 10.3 Å². The molecule has 0 aliphatic carbocycles. The van der Waals surface area contributed by atoms with Crippen LogP contribution in [0.1, 0.15) is 21.6 Å². The fourth-order valence-corrected chi connectivity index (χ4v) is 2.06. The molecule has 3 rings (SSSR count). The highest BCUT2D eigenvalue weighted by Crippen LogP contribution is 2.32. The molecule has 0 bridgehead atoms. The van der Waals surface area contributed by atoms with Gasteiger partial charge in [-0.2, -0.15) is 0 Å². The number of aliphatic hydroxyl groups is 1. The number of aromatic nitrogens is 1. The van der Waals surface area contributed by atoms with E-state index in [1.165, 1.54) is 0 Å². The van der Waals surface area contributed by atoms with Gasteiger partial charge in [0, 0.05) is 11.8 Å². The average molecular weight is 226 g/mol. The highest BCUT2D eigenvalue weighted by atomic mass is 16.3. The topological polar surface area (TPSA) is 62.2 Å². The maximum atomic E-state index is 11.7. The smallest absolute Gasteiger partial charge is 0.256 e. The van der Waals surface area contributed by atoms with E-state index in [1.54, 1.807) is 42.6 Å². The van der Waals surface area contributed by atoms with Crippen molar-refractivity contribution in [3.8, 4) is 0 Å². The molecule has 1 aromatic heterocycles. The molecule has 2 heterocycles. The predicted octanol–water partition coefficient (Wildman–Crippen LogP) is 1.02. The van der Waals surface area contributed by atoms with Crippen LogP contribution in [0.3, 0.4) is 0 Å². The highest BCUT2D eigenvalue weighted by molar-refractivity contribution is 5.99. The molecule has 1 aliphatic rings. The van der Waals surface area contributed by atoms with Gasteiger partial charge in [0.05, 0.1) is 5.56 Å². The monoisotopic (exact) mass is 226 g/mol. The van der Waals surface area contributed by atoms with Crippen LogP contribution in [0, 0.1) is 0 Å². The molecule has 0 fully saturated rings. The zero-order valence-corrected chi connectivity index (χ0v) is 8.92. The summed E-state index contributed by atoms with van der Waals surface area (Å²) in [5.74, 6) is -0.306. The Bertz CT molecular complexity index is 583. The van der Waals surface area contributed by atoms with Gasteiger partial charge in [0.25, 0.3) is 5.91 Å². The van der Waals surface area contributed by atoms with Crippen LogP contribution in [-0.2, 0) is 5.72 Å². The number of hydrogen-bond acceptors (Lipinski definition) is 3. The van der Waals surface area contributed by atoms with Crippen LogP contribution in [0.4, 0.5) is 0 Å². The van der Waals surface area contributed by atoms with E-state index in [0.29, 0.717) is 16.8 Å². The number of carbonyl (C=O) groups excluding carboxylic acids is 1. The third-order valence-corrected chi connectivity index (χ3v) is 2.88. The standard InChI is InChI=1S/C13H10N2O2/c16-12-10-7-4-8-14-11(10)13(17,15-12)9-5-2-1-3-6-9/h1-8,17H,(H,15,16). The van der Waals surface area contributed by atoms with Crippen LogP contribution in [0.15, 0.2) is 48.7 Å². The van der Waals surface area contributed by atoms with Gasteiger partial charge in [0.1, 0.15) is 5.69 Å². The fraction of sp³-hybridized carbons (Fsp3) is 0.0769. The lowest BCUT2D eigenvalue weighted by Crippen LogP contribution is -2.40. The first kappa shape index (κ1) is 9.99. The van der Waals surface area contributed by atoms with Crippen molar-refractivity contribution in [1.29, 1.82) is 0 Å². The van der Waals surface area contributed by atoms with Crippen molar-refractivity contribution in [2.45, 2.75) is 5.72 Å². The molecule has 0 radical (unpaired) electrons. The quantitative estimate of drug-likeness (QED) is 0.763. The predicted molar refractivity (Wildman–Crippen MR) is 61.1 cm³/mol. The first-order chi connectivity index (χ1) is 8.22. The van der Waals surface area contributed by atoms with Gasteiger partial charge in [-0.25, -0.2) is 0 Å². The van der Waals surface area contributed by atoms with Crippen LogP contribution < -0.4 is 5.32 Å². The molecule has 1 amide bonds. The van der Waals surface area contributed by atoms with Crippen molar-refractivity contribution < 1.29 is 9.90 Å². The van der Waals surface area contributed by atoms with Gasteiger partial charge in [-0.3, -0.25) is 9.78 Å². The summed E-state index contributed by atoms with van der Waals surface area (Å²) in [5, 5.41) is 13.2. The zero-order chi connectivity index (χ0) is 11.9. The summed E-state index contributed by atoms with van der Waals surface area (Å²) in [4.78, 5) is 15.8. The summed E-state index contributed by atoms with van der Waals surface area (Å²) in [6, 6.07) is 12.3. The molecule has 0 saturated carbocycles. The van der Waals surface area contributed by atoms with Crippen molar-refractivity contribution in [2.24, 2.45) is 0 Å². The van der Waals surface area contributed by atoms with E-state index in [1.807, 2.05) is 6.07 Å². The van der Waals surface area contributed by atoms with Crippen molar-refractivity contribution in [3.05, 3.63) is 65.5 Å². The lowest BCUT2D eigenvalue weighted by atomic mass is 9.99. The minimum absolute atomic E-state index is 0.306. The van der Waals surface area contributed by atoms with Gasteiger partial charge in [0.15, 0.2) is 0 Å². The number of carbonyl (C=O) groups is 1. The SMILES string of the molecule is O=C1NC(O)(c2ccccc2)c2ncccc21. The van der Waals surface area contributed by atoms with Crippen LogP contribution in [0.5, 0.6) is 0 Å². The van der Waals surface area contributed by atoms with E-state index in [0.717, 1.165) is 0 Å². The number of hydrogen-bond donors (Lipinski definition) is 2. The molecule has 1 unspecified atom stereocenters. The number of nitrogens with one attached hydrogen (secondary N) is 1. The fourth-order valence-electron chi connectivity index (χ4n) is 2.06. The summed E-state index contributed by atoms with van der Waals surface area (Å²) in [5.41, 5.74) is -0.143. The molecular weight excluding hydrogens is 216 g/mol. The van der Waals surface area contributed by atoms with Gasteiger partial charge in [-0.15, -0.1) is 0 Å². The second-order valence-electron chi connectivity index (χ2n) is 3.93. The Labute approximate surface area is 97.9 Å². The van der Waals surface area contributed by atoms with Crippen LogP contribution in [-0.4, -0.2) is 16.0 Å². The minimum Gasteiger partial charge on any atom is -0.362 e. The van der Waals surface area contributed by atoms with E-state index in [9.17, 15) is 9.90 Å². The summed E-state index contributed by atoms with van der Waals surface area (Å²) in [6.07, 6.45) is 1.56. The van der Waals surface area contributed by atoms with Crippen LogP contribution in [0.25, 0.3) is 0 Å². The van der Waals surface area contributed by atoms with Gasteiger partial charge in [-0.1, -0.05) is 30.3 Å². The zero-order valence-electron chi connectivity index (χ0n) is 8.92. The molecule has 2 aromatic rings. The van der Waals surface area contributed by atoms with Crippen molar-refractivity contribution >= 4 is 5.91 Å². The van der Waals surface area contributed by atoms with E-state index >= 15 is 0 Å². The Hall–Kier alpha value is -2.20. The molecule has 84 valence electrons. The first-order valence-electron chi connectivity index (χ1n) is 5.28. The second kappa shape index (κ2) is 3.40. The molecule has 4 nitrogen and oxygen atoms in total. The van der Waals surface area contributed by atoms with Crippen LogP contribution in [0.2, 0.25) is 0 Å². The number of amides is 1. The Morgan fingerprint density at radius 2 is 1.88 bits per heavy atom. The van der Waals surface area contributed by atoms with Gasteiger partial charge >= 0.3 is 0 Å². The summed E-state index contributed by atoms with van der Waals surface area (Å²) in [6.45, 7) is 0. The third kappa shape index (κ3) is 1.34. The Morgan fingerprint density at radius 3 is 2.65 bits per heavy atom. The molecule has 0 saturated heterocycles. The molecule has 1 aromatic carbocycles. The van der Waals surface area contributed by atoms with E-state index in [-0.39, 0.29) is 5.91 Å². The van der Waals surface area contributed by atoms with E-state index in [2.05, 4.69) is 10.3 Å². The molecule has 1 atom stereocenters. The number of benzene rings is 1. The summed E-state index contributed by atoms with van der Waals surface area (Å²) >= 11 is 0. The van der Waals surface area contributed by atoms with Crippen molar-refractivity contribution in [3.63, 3.8) is 0 Å². The molecule has 2 N–H and O–H groups in total. The number of rotatable bonds is 1. The molecule has 17 heavy (non-hydrogen) atoms. The molecule has 1 aliphatic heterocycles. The Morgan fingerprint density at radius 1 is 1.12 bits per heavy atom.